The number of thioether (sulfide) groups is 1. The quantitative estimate of drug-likeness (QED) is 0.693. The summed E-state index contributed by atoms with van der Waals surface area (Å²) in [5.74, 6) is 1.02. The van der Waals surface area contributed by atoms with Crippen LogP contribution in [0.1, 0.15) is 24.5 Å². The molecule has 1 amide bonds. The molecule has 0 spiro atoms. The highest BCUT2D eigenvalue weighted by Crippen LogP contribution is 2.14. The average Bonchev–Trinajstić information content (AvgIpc) is 2.45. The number of amides is 1. The molecule has 0 N–H and O–H groups in total. The van der Waals surface area contributed by atoms with E-state index in [-0.39, 0.29) is 18.3 Å². The highest BCUT2D eigenvalue weighted by molar-refractivity contribution is 7.99. The maximum absolute atomic E-state index is 11.9. The predicted octanol–water partition coefficient (Wildman–Crippen LogP) is 2.64. The van der Waals surface area contributed by atoms with Crippen molar-refractivity contribution in [1.29, 1.82) is 0 Å². The molecule has 0 aliphatic heterocycles. The van der Waals surface area contributed by atoms with Gasteiger partial charge in [0, 0.05) is 19.3 Å². The van der Waals surface area contributed by atoms with Gasteiger partial charge in [-0.05, 0) is 19.4 Å². The Morgan fingerprint density at radius 3 is 2.76 bits per heavy atom. The lowest BCUT2D eigenvalue weighted by molar-refractivity contribution is -0.143. The van der Waals surface area contributed by atoms with Crippen LogP contribution in [0.25, 0.3) is 0 Å². The van der Waals surface area contributed by atoms with Gasteiger partial charge in [0.2, 0.25) is 5.91 Å². The van der Waals surface area contributed by atoms with Crippen LogP contribution in [0, 0.1) is 6.92 Å². The van der Waals surface area contributed by atoms with E-state index in [0.29, 0.717) is 18.9 Å². The molecule has 0 aliphatic carbocycles. The van der Waals surface area contributed by atoms with Gasteiger partial charge in [-0.3, -0.25) is 9.59 Å². The molecule has 0 saturated carbocycles. The second-order valence-corrected chi connectivity index (χ2v) is 5.84. The van der Waals surface area contributed by atoms with Gasteiger partial charge in [-0.25, -0.2) is 0 Å². The Bertz CT molecular complexity index is 476. The highest BCUT2D eigenvalue weighted by Gasteiger charge is 2.11. The van der Waals surface area contributed by atoms with Crippen molar-refractivity contribution in [3.8, 4) is 0 Å². The molecule has 0 unspecified atom stereocenters. The molecule has 21 heavy (non-hydrogen) atoms. The topological polar surface area (TPSA) is 46.6 Å². The first-order valence-corrected chi connectivity index (χ1v) is 8.21. The first-order valence-electron chi connectivity index (χ1n) is 7.05. The smallest absolute Gasteiger partial charge is 0.307 e. The molecule has 0 fully saturated rings. The van der Waals surface area contributed by atoms with Crippen LogP contribution < -0.4 is 0 Å². The summed E-state index contributed by atoms with van der Waals surface area (Å²) in [6.45, 7) is 4.61. The molecule has 0 atom stereocenters. The fraction of sp³-hybridized carbons (Fsp3) is 0.500. The number of nitrogens with zero attached hydrogens (tertiary/aromatic N) is 1. The van der Waals surface area contributed by atoms with Crippen LogP contribution in [0.3, 0.4) is 0 Å². The molecule has 116 valence electrons. The van der Waals surface area contributed by atoms with Gasteiger partial charge in [0.15, 0.2) is 0 Å². The van der Waals surface area contributed by atoms with Crippen LogP contribution in [0.5, 0.6) is 0 Å². The van der Waals surface area contributed by atoms with Gasteiger partial charge >= 0.3 is 5.97 Å². The summed E-state index contributed by atoms with van der Waals surface area (Å²) < 4.78 is 4.84. The lowest BCUT2D eigenvalue weighted by atomic mass is 10.2. The zero-order valence-corrected chi connectivity index (χ0v) is 13.7. The molecule has 1 aromatic carbocycles. The molecule has 4 nitrogen and oxygen atoms in total. The van der Waals surface area contributed by atoms with Crippen molar-refractivity contribution in [3.05, 3.63) is 35.4 Å². The largest absolute Gasteiger partial charge is 0.466 e. The highest BCUT2D eigenvalue weighted by atomic mass is 32.2. The maximum atomic E-state index is 11.9. The zero-order chi connectivity index (χ0) is 15.7. The number of carbonyl (C=O) groups is 2. The summed E-state index contributed by atoms with van der Waals surface area (Å²) in [6, 6.07) is 8.28. The van der Waals surface area contributed by atoms with E-state index >= 15 is 0 Å². The van der Waals surface area contributed by atoms with Gasteiger partial charge in [0.05, 0.1) is 18.8 Å². The van der Waals surface area contributed by atoms with E-state index in [1.807, 2.05) is 6.07 Å². The third-order valence-corrected chi connectivity index (χ3v) is 3.95. The van der Waals surface area contributed by atoms with Gasteiger partial charge in [-0.2, -0.15) is 0 Å². The number of aryl methyl sites for hydroxylation is 1. The Kier molecular flexibility index (Phi) is 7.90. The van der Waals surface area contributed by atoms with Crippen LogP contribution in [0.2, 0.25) is 0 Å². The molecule has 0 bridgehead atoms. The normalized spacial score (nSPS) is 10.2. The van der Waals surface area contributed by atoms with Crippen molar-refractivity contribution < 1.29 is 14.3 Å². The Labute approximate surface area is 130 Å². The maximum Gasteiger partial charge on any atom is 0.307 e. The van der Waals surface area contributed by atoms with E-state index in [0.717, 1.165) is 5.75 Å². The molecular weight excluding hydrogens is 286 g/mol. The van der Waals surface area contributed by atoms with Crippen molar-refractivity contribution in [2.45, 2.75) is 26.0 Å². The molecule has 0 aromatic heterocycles. The van der Waals surface area contributed by atoms with Crippen LogP contribution >= 0.6 is 11.8 Å². The average molecular weight is 309 g/mol. The van der Waals surface area contributed by atoms with Crippen LogP contribution in [0.15, 0.2) is 24.3 Å². The summed E-state index contributed by atoms with van der Waals surface area (Å²) in [7, 11) is 1.72. The summed E-state index contributed by atoms with van der Waals surface area (Å²) in [4.78, 5) is 24.7. The molecule has 5 heteroatoms. The summed E-state index contributed by atoms with van der Waals surface area (Å²) in [5, 5.41) is 0. The zero-order valence-electron chi connectivity index (χ0n) is 12.9. The minimum Gasteiger partial charge on any atom is -0.466 e. The lowest BCUT2D eigenvalue weighted by Crippen LogP contribution is -2.30. The van der Waals surface area contributed by atoms with E-state index in [2.05, 4.69) is 25.1 Å². The first-order chi connectivity index (χ1) is 10.0. The number of hydrogen-bond acceptors (Lipinski definition) is 4. The number of rotatable bonds is 8. The summed E-state index contributed by atoms with van der Waals surface area (Å²) in [5.41, 5.74) is 2.45. The second-order valence-electron chi connectivity index (χ2n) is 4.85. The van der Waals surface area contributed by atoms with E-state index in [1.54, 1.807) is 30.6 Å². The number of benzene rings is 1. The van der Waals surface area contributed by atoms with Crippen LogP contribution in [-0.4, -0.2) is 42.7 Å². The first kappa shape index (κ1) is 17.6. The summed E-state index contributed by atoms with van der Waals surface area (Å²) >= 11 is 1.59. The Morgan fingerprint density at radius 1 is 1.33 bits per heavy atom. The molecule has 1 aromatic rings. The fourth-order valence-corrected chi connectivity index (χ4v) is 2.70. The SMILES string of the molecule is CCOC(=O)CCN(C)C(=O)CSCc1cccc(C)c1. The number of hydrogen-bond donors (Lipinski definition) is 0. The van der Waals surface area contributed by atoms with Gasteiger partial charge in [0.25, 0.3) is 0 Å². The van der Waals surface area contributed by atoms with Crippen LogP contribution in [0.4, 0.5) is 0 Å². The minimum atomic E-state index is -0.260. The number of ether oxygens (including phenoxy) is 1. The van der Waals surface area contributed by atoms with Crippen molar-refractivity contribution in [1.82, 2.24) is 4.90 Å². The molecule has 1 rings (SSSR count). The van der Waals surface area contributed by atoms with Crippen molar-refractivity contribution in [3.63, 3.8) is 0 Å². The number of carbonyl (C=O) groups excluding carboxylic acids is 2. The van der Waals surface area contributed by atoms with E-state index < -0.39 is 0 Å². The molecule has 0 aliphatic rings. The Hall–Kier alpha value is -1.49. The standard InChI is InChI=1S/C16H23NO3S/c1-4-20-16(19)8-9-17(3)15(18)12-21-11-14-7-5-6-13(2)10-14/h5-7,10H,4,8-9,11-12H2,1-3H3. The van der Waals surface area contributed by atoms with Gasteiger partial charge in [0.1, 0.15) is 0 Å². The van der Waals surface area contributed by atoms with E-state index in [4.69, 9.17) is 4.74 Å². The third-order valence-electron chi connectivity index (χ3n) is 2.96. The Morgan fingerprint density at radius 2 is 2.10 bits per heavy atom. The fourth-order valence-electron chi connectivity index (χ4n) is 1.79. The van der Waals surface area contributed by atoms with Crippen molar-refractivity contribution in [2.24, 2.45) is 0 Å². The monoisotopic (exact) mass is 309 g/mol. The van der Waals surface area contributed by atoms with Gasteiger partial charge in [-0.15, -0.1) is 11.8 Å². The van der Waals surface area contributed by atoms with Crippen molar-refractivity contribution >= 4 is 23.6 Å². The van der Waals surface area contributed by atoms with Gasteiger partial charge < -0.3 is 9.64 Å². The van der Waals surface area contributed by atoms with E-state index in [9.17, 15) is 9.59 Å². The van der Waals surface area contributed by atoms with Crippen molar-refractivity contribution in [2.75, 3.05) is 26.0 Å². The molecule has 0 radical (unpaired) electrons. The van der Waals surface area contributed by atoms with Gasteiger partial charge in [-0.1, -0.05) is 29.8 Å². The predicted molar refractivity (Wildman–Crippen MR) is 86.2 cm³/mol. The molecular formula is C16H23NO3S. The molecule has 0 saturated heterocycles. The Balaban J connectivity index is 2.25. The van der Waals surface area contributed by atoms with E-state index in [1.165, 1.54) is 11.1 Å². The second kappa shape index (κ2) is 9.45. The summed E-state index contributed by atoms with van der Waals surface area (Å²) in [6.07, 6.45) is 0.249. The lowest BCUT2D eigenvalue weighted by Gasteiger charge is -2.16. The third kappa shape index (κ3) is 7.18. The molecule has 0 heterocycles. The number of esters is 1. The minimum absolute atomic E-state index is 0.0388. The van der Waals surface area contributed by atoms with Crippen LogP contribution in [-0.2, 0) is 20.1 Å².